The number of phosphoric acid groups is 1. The Kier molecular flexibility index (Phi) is 11.4. The monoisotopic (exact) mass is 352 g/mol. The predicted octanol–water partition coefficient (Wildman–Crippen LogP) is 4.15. The Balaban J connectivity index is 1.88. The summed E-state index contributed by atoms with van der Waals surface area (Å²) in [7, 11) is -4.42. The van der Waals surface area contributed by atoms with E-state index in [1.165, 1.54) is 57.8 Å². The van der Waals surface area contributed by atoms with Crippen molar-refractivity contribution in [2.45, 2.75) is 89.9 Å². The van der Waals surface area contributed by atoms with Gasteiger partial charge in [-0.1, -0.05) is 64.7 Å². The molecule has 2 atom stereocenters. The first-order valence-corrected chi connectivity index (χ1v) is 10.5. The summed E-state index contributed by atoms with van der Waals surface area (Å²) in [5.74, 6) is 0. The molecule has 0 radical (unpaired) electrons. The first kappa shape index (κ1) is 21.1. The van der Waals surface area contributed by atoms with Crippen LogP contribution in [0.1, 0.15) is 77.6 Å². The molecule has 1 unspecified atom stereocenters. The Morgan fingerprint density at radius 2 is 1.57 bits per heavy atom. The molecule has 1 fully saturated rings. The van der Waals surface area contributed by atoms with Gasteiger partial charge in [-0.05, 0) is 12.8 Å². The first-order chi connectivity index (χ1) is 11.0. The van der Waals surface area contributed by atoms with Crippen molar-refractivity contribution in [2.75, 3.05) is 13.2 Å². The SMILES string of the molecule is CCCCCCCCCCCCC1OC[C@@H](COP(=O)(O)O)O1. The van der Waals surface area contributed by atoms with Crippen molar-refractivity contribution in [2.24, 2.45) is 0 Å². The lowest BCUT2D eigenvalue weighted by Crippen LogP contribution is -2.18. The Labute approximate surface area is 140 Å². The van der Waals surface area contributed by atoms with Gasteiger partial charge < -0.3 is 19.3 Å². The fourth-order valence-corrected chi connectivity index (χ4v) is 3.09. The van der Waals surface area contributed by atoms with Gasteiger partial charge >= 0.3 is 7.82 Å². The van der Waals surface area contributed by atoms with Crippen molar-refractivity contribution in [3.8, 4) is 0 Å². The zero-order valence-electron chi connectivity index (χ0n) is 14.3. The Hall–Kier alpha value is 0.0300. The third-order valence-electron chi connectivity index (χ3n) is 4.03. The summed E-state index contributed by atoms with van der Waals surface area (Å²) in [6.45, 7) is 2.45. The third kappa shape index (κ3) is 12.1. The highest BCUT2D eigenvalue weighted by Gasteiger charge is 2.28. The number of rotatable bonds is 14. The molecule has 0 amide bonds. The van der Waals surface area contributed by atoms with Crippen LogP contribution >= 0.6 is 7.82 Å². The largest absolute Gasteiger partial charge is 0.469 e. The first-order valence-electron chi connectivity index (χ1n) is 8.98. The van der Waals surface area contributed by atoms with E-state index >= 15 is 0 Å². The highest BCUT2D eigenvalue weighted by Crippen LogP contribution is 2.36. The quantitative estimate of drug-likeness (QED) is 0.361. The summed E-state index contributed by atoms with van der Waals surface area (Å²) < 4.78 is 26.1. The van der Waals surface area contributed by atoms with E-state index in [1.54, 1.807) is 0 Å². The molecule has 0 aromatic rings. The molecule has 1 aliphatic heterocycles. The zero-order valence-corrected chi connectivity index (χ0v) is 15.2. The van der Waals surface area contributed by atoms with Crippen LogP contribution in [0.15, 0.2) is 0 Å². The molecular weight excluding hydrogens is 319 g/mol. The average molecular weight is 352 g/mol. The molecule has 1 rings (SSSR count). The van der Waals surface area contributed by atoms with Crippen LogP contribution in [0.3, 0.4) is 0 Å². The van der Waals surface area contributed by atoms with E-state index in [0.29, 0.717) is 6.61 Å². The molecule has 0 bridgehead atoms. The number of hydrogen-bond donors (Lipinski definition) is 2. The maximum absolute atomic E-state index is 10.6. The van der Waals surface area contributed by atoms with Crippen LogP contribution in [0, 0.1) is 0 Å². The Morgan fingerprint density at radius 1 is 1.00 bits per heavy atom. The maximum Gasteiger partial charge on any atom is 0.469 e. The molecule has 1 aliphatic rings. The number of ether oxygens (including phenoxy) is 2. The van der Waals surface area contributed by atoms with Gasteiger partial charge in [0, 0.05) is 0 Å². The molecule has 0 aliphatic carbocycles. The Bertz CT molecular complexity index is 333. The normalized spacial score (nSPS) is 21.9. The van der Waals surface area contributed by atoms with Gasteiger partial charge in [0.25, 0.3) is 0 Å². The molecule has 0 spiro atoms. The van der Waals surface area contributed by atoms with Gasteiger partial charge in [-0.25, -0.2) is 4.57 Å². The average Bonchev–Trinajstić information content (AvgIpc) is 2.94. The minimum atomic E-state index is -4.42. The van der Waals surface area contributed by atoms with E-state index in [9.17, 15) is 4.57 Å². The number of phosphoric ester groups is 1. The fourth-order valence-electron chi connectivity index (χ4n) is 2.73. The van der Waals surface area contributed by atoms with Gasteiger partial charge in [0.2, 0.25) is 0 Å². The second kappa shape index (κ2) is 12.4. The summed E-state index contributed by atoms with van der Waals surface area (Å²) in [6.07, 6.45) is 13.1. The molecule has 2 N–H and O–H groups in total. The minimum absolute atomic E-state index is 0.126. The molecule has 6 nitrogen and oxygen atoms in total. The molecule has 138 valence electrons. The van der Waals surface area contributed by atoms with Gasteiger partial charge in [-0.15, -0.1) is 0 Å². The van der Waals surface area contributed by atoms with E-state index in [4.69, 9.17) is 19.3 Å². The van der Waals surface area contributed by atoms with Crippen molar-refractivity contribution in [1.82, 2.24) is 0 Å². The van der Waals surface area contributed by atoms with Gasteiger partial charge in [0.05, 0.1) is 13.2 Å². The highest BCUT2D eigenvalue weighted by molar-refractivity contribution is 7.46. The van der Waals surface area contributed by atoms with Gasteiger partial charge in [-0.2, -0.15) is 0 Å². The summed E-state index contributed by atoms with van der Waals surface area (Å²) in [5, 5.41) is 0. The summed E-state index contributed by atoms with van der Waals surface area (Å²) in [5.41, 5.74) is 0. The lowest BCUT2D eigenvalue weighted by Gasteiger charge is -2.12. The second-order valence-corrected chi connectivity index (χ2v) is 7.52. The van der Waals surface area contributed by atoms with E-state index < -0.39 is 7.82 Å². The predicted molar refractivity (Wildman–Crippen MR) is 89.1 cm³/mol. The lowest BCUT2D eigenvalue weighted by molar-refractivity contribution is -0.0698. The molecule has 0 aromatic carbocycles. The van der Waals surface area contributed by atoms with Crippen LogP contribution < -0.4 is 0 Å². The van der Waals surface area contributed by atoms with Crippen LogP contribution in [0.4, 0.5) is 0 Å². The second-order valence-electron chi connectivity index (χ2n) is 6.28. The molecular formula is C16H33O6P. The molecule has 0 aromatic heterocycles. The topological polar surface area (TPSA) is 85.2 Å². The number of hydrogen-bond acceptors (Lipinski definition) is 4. The van der Waals surface area contributed by atoms with Gasteiger partial charge in [0.15, 0.2) is 6.29 Å². The van der Waals surface area contributed by atoms with Crippen molar-refractivity contribution in [1.29, 1.82) is 0 Å². The summed E-state index contributed by atoms with van der Waals surface area (Å²) in [4.78, 5) is 17.3. The summed E-state index contributed by atoms with van der Waals surface area (Å²) in [6, 6.07) is 0. The van der Waals surface area contributed by atoms with Crippen molar-refractivity contribution in [3.05, 3.63) is 0 Å². The van der Waals surface area contributed by atoms with Crippen molar-refractivity contribution < 1.29 is 28.3 Å². The number of unbranched alkanes of at least 4 members (excludes halogenated alkanes) is 9. The van der Waals surface area contributed by atoms with Crippen LogP contribution in [0.2, 0.25) is 0 Å². The minimum Gasteiger partial charge on any atom is -0.350 e. The van der Waals surface area contributed by atoms with E-state index in [2.05, 4.69) is 11.4 Å². The molecule has 0 saturated carbocycles. The molecule has 7 heteroatoms. The van der Waals surface area contributed by atoms with Crippen LogP contribution in [0.5, 0.6) is 0 Å². The van der Waals surface area contributed by atoms with E-state index in [-0.39, 0.29) is 19.0 Å². The molecule has 1 heterocycles. The van der Waals surface area contributed by atoms with Crippen molar-refractivity contribution >= 4 is 7.82 Å². The van der Waals surface area contributed by atoms with Crippen LogP contribution in [0.25, 0.3) is 0 Å². The van der Waals surface area contributed by atoms with Gasteiger partial charge in [-0.3, -0.25) is 4.52 Å². The van der Waals surface area contributed by atoms with Gasteiger partial charge in [0.1, 0.15) is 6.10 Å². The third-order valence-corrected chi connectivity index (χ3v) is 4.52. The van der Waals surface area contributed by atoms with Crippen molar-refractivity contribution in [3.63, 3.8) is 0 Å². The smallest absolute Gasteiger partial charge is 0.350 e. The summed E-state index contributed by atoms with van der Waals surface area (Å²) >= 11 is 0. The van der Waals surface area contributed by atoms with Crippen LogP contribution in [-0.4, -0.2) is 35.4 Å². The molecule has 1 saturated heterocycles. The standard InChI is InChI=1S/C16H33O6P/c1-2-3-4-5-6-7-8-9-10-11-12-16-20-13-15(22-16)14-21-23(17,18)19/h15-16H,2-14H2,1H3,(H2,17,18,19)/t15-,16?/m0/s1. The van der Waals surface area contributed by atoms with E-state index in [1.807, 2.05) is 0 Å². The zero-order chi connectivity index (χ0) is 17.0. The maximum atomic E-state index is 10.6. The molecule has 23 heavy (non-hydrogen) atoms. The Morgan fingerprint density at radius 3 is 2.13 bits per heavy atom. The fraction of sp³-hybridized carbons (Fsp3) is 1.00. The highest BCUT2D eigenvalue weighted by atomic mass is 31.2. The van der Waals surface area contributed by atoms with E-state index in [0.717, 1.165) is 12.8 Å². The van der Waals surface area contributed by atoms with Crippen LogP contribution in [-0.2, 0) is 18.6 Å². The lowest BCUT2D eigenvalue weighted by atomic mass is 10.1.